The van der Waals surface area contributed by atoms with Crippen LogP contribution in [0.5, 0.6) is 5.75 Å². The number of carbonyl (C=O) groups excluding carboxylic acids is 2. The Morgan fingerprint density at radius 3 is 2.39 bits per heavy atom. The predicted octanol–water partition coefficient (Wildman–Crippen LogP) is 3.97. The number of nitro groups is 1. The summed E-state index contributed by atoms with van der Waals surface area (Å²) in [5.41, 5.74) is 0.742. The zero-order valence-corrected chi connectivity index (χ0v) is 24.6. The van der Waals surface area contributed by atoms with Crippen LogP contribution in [0.15, 0.2) is 71.6 Å². The Morgan fingerprint density at radius 1 is 1.10 bits per heavy atom. The van der Waals surface area contributed by atoms with E-state index in [4.69, 9.17) is 16.3 Å². The van der Waals surface area contributed by atoms with Gasteiger partial charge in [-0.05, 0) is 50.1 Å². The number of aryl methyl sites for hydroxylation is 1. The fourth-order valence-electron chi connectivity index (χ4n) is 4.22. The minimum atomic E-state index is -4.58. The zero-order chi connectivity index (χ0) is 30.3. The van der Waals surface area contributed by atoms with E-state index in [1.807, 2.05) is 30.3 Å². The molecule has 0 radical (unpaired) electrons. The number of nitrogens with one attached hydrogen (secondary N) is 1. The van der Waals surface area contributed by atoms with Crippen molar-refractivity contribution in [2.45, 2.75) is 31.2 Å². The van der Waals surface area contributed by atoms with Crippen LogP contribution in [-0.4, -0.2) is 63.3 Å². The monoisotopic (exact) mass is 602 g/mol. The molecule has 0 aliphatic heterocycles. The molecule has 13 heteroatoms. The number of anilines is 1. The lowest BCUT2D eigenvalue weighted by atomic mass is 10.1. The molecule has 0 aliphatic carbocycles. The third-order valence-corrected chi connectivity index (χ3v) is 8.54. The second-order valence-electron chi connectivity index (χ2n) is 9.15. The molecule has 0 aromatic heterocycles. The Kier molecular flexibility index (Phi) is 10.3. The van der Waals surface area contributed by atoms with Crippen molar-refractivity contribution in [2.75, 3.05) is 31.6 Å². The largest absolute Gasteiger partial charge is 0.495 e. The summed E-state index contributed by atoms with van der Waals surface area (Å²) < 4.78 is 34.3. The predicted molar refractivity (Wildman–Crippen MR) is 156 cm³/mol. The molecule has 0 unspecified atom stereocenters. The van der Waals surface area contributed by atoms with E-state index in [0.717, 1.165) is 15.9 Å². The van der Waals surface area contributed by atoms with Crippen LogP contribution in [0.3, 0.4) is 0 Å². The van der Waals surface area contributed by atoms with Gasteiger partial charge in [0.2, 0.25) is 11.8 Å². The number of amides is 2. The summed E-state index contributed by atoms with van der Waals surface area (Å²) in [6, 6.07) is 16.1. The van der Waals surface area contributed by atoms with Crippen LogP contribution < -0.4 is 14.4 Å². The average Bonchev–Trinajstić information content (AvgIpc) is 2.95. The van der Waals surface area contributed by atoms with E-state index < -0.39 is 49.9 Å². The minimum Gasteiger partial charge on any atom is -0.495 e. The maximum atomic E-state index is 14.1. The quantitative estimate of drug-likeness (QED) is 0.244. The van der Waals surface area contributed by atoms with Gasteiger partial charge in [0.1, 0.15) is 18.3 Å². The summed E-state index contributed by atoms with van der Waals surface area (Å²) in [4.78, 5) is 38.2. The number of benzene rings is 3. The second-order valence-corrected chi connectivity index (χ2v) is 11.4. The topological polar surface area (TPSA) is 139 Å². The van der Waals surface area contributed by atoms with Crippen molar-refractivity contribution < 1.29 is 27.7 Å². The van der Waals surface area contributed by atoms with Gasteiger partial charge in [0.05, 0.1) is 22.6 Å². The number of carbonyl (C=O) groups is 2. The van der Waals surface area contributed by atoms with E-state index >= 15 is 0 Å². The first-order chi connectivity index (χ1) is 19.4. The second kappa shape index (κ2) is 13.5. The summed E-state index contributed by atoms with van der Waals surface area (Å²) in [5, 5.41) is 14.3. The summed E-state index contributed by atoms with van der Waals surface area (Å²) in [6.07, 6.45) is 0.408. The van der Waals surface area contributed by atoms with Crippen molar-refractivity contribution in [3.8, 4) is 5.75 Å². The fourth-order valence-corrected chi connectivity index (χ4v) is 5.83. The highest BCUT2D eigenvalue weighted by Gasteiger charge is 2.34. The summed E-state index contributed by atoms with van der Waals surface area (Å²) >= 11 is 6.21. The lowest BCUT2D eigenvalue weighted by Gasteiger charge is -2.32. The maximum absolute atomic E-state index is 14.1. The lowest BCUT2D eigenvalue weighted by molar-refractivity contribution is -0.385. The Balaban J connectivity index is 2.11. The molecule has 1 atom stereocenters. The highest BCUT2D eigenvalue weighted by Crippen LogP contribution is 2.36. The van der Waals surface area contributed by atoms with Crippen LogP contribution in [0.1, 0.15) is 18.1 Å². The van der Waals surface area contributed by atoms with Gasteiger partial charge in [-0.15, -0.1) is 0 Å². The number of ether oxygens (including phenoxy) is 1. The standard InChI is InChI=1S/C28H31ClN4O7S/c1-19-10-12-23(17-24(19)33(36)37)41(38,39)32(25-16-22(29)11-13-26(25)40-4)18-27(34)31(20(2)28(35)30-3)15-14-21-8-6-5-7-9-21/h5-13,16-17,20H,14-15,18H2,1-4H3,(H,30,35)/t20-/m0/s1. The van der Waals surface area contributed by atoms with Gasteiger partial charge >= 0.3 is 0 Å². The number of nitro benzene ring substituents is 1. The highest BCUT2D eigenvalue weighted by atomic mass is 35.5. The number of halogens is 1. The van der Waals surface area contributed by atoms with Gasteiger partial charge in [-0.25, -0.2) is 8.42 Å². The molecule has 3 rings (SSSR count). The van der Waals surface area contributed by atoms with Crippen molar-refractivity contribution in [3.05, 3.63) is 93.0 Å². The van der Waals surface area contributed by atoms with Gasteiger partial charge in [-0.3, -0.25) is 24.0 Å². The molecular weight excluding hydrogens is 572 g/mol. The summed E-state index contributed by atoms with van der Waals surface area (Å²) in [6.45, 7) is 2.41. The molecule has 0 fully saturated rings. The van der Waals surface area contributed by atoms with Crippen molar-refractivity contribution in [3.63, 3.8) is 0 Å². The van der Waals surface area contributed by atoms with E-state index in [2.05, 4.69) is 5.32 Å². The number of methoxy groups -OCH3 is 1. The van der Waals surface area contributed by atoms with Crippen molar-refractivity contribution in [1.29, 1.82) is 0 Å². The molecule has 0 saturated carbocycles. The van der Waals surface area contributed by atoms with E-state index in [1.165, 1.54) is 56.3 Å². The first-order valence-electron chi connectivity index (χ1n) is 12.6. The van der Waals surface area contributed by atoms with E-state index in [1.54, 1.807) is 6.92 Å². The van der Waals surface area contributed by atoms with Crippen molar-refractivity contribution in [1.82, 2.24) is 10.2 Å². The van der Waals surface area contributed by atoms with Crippen LogP contribution in [0.2, 0.25) is 5.02 Å². The molecule has 3 aromatic carbocycles. The van der Waals surface area contributed by atoms with E-state index in [0.29, 0.717) is 6.42 Å². The van der Waals surface area contributed by atoms with Crippen LogP contribution in [-0.2, 0) is 26.0 Å². The molecule has 41 heavy (non-hydrogen) atoms. The molecule has 0 saturated heterocycles. The molecule has 0 bridgehead atoms. The van der Waals surface area contributed by atoms with Crippen LogP contribution in [0.25, 0.3) is 0 Å². The van der Waals surface area contributed by atoms with Crippen LogP contribution in [0.4, 0.5) is 11.4 Å². The molecule has 0 aliphatic rings. The average molecular weight is 603 g/mol. The van der Waals surface area contributed by atoms with Gasteiger partial charge in [0, 0.05) is 30.2 Å². The molecule has 218 valence electrons. The van der Waals surface area contributed by atoms with E-state index in [9.17, 15) is 28.1 Å². The molecule has 1 N–H and O–H groups in total. The maximum Gasteiger partial charge on any atom is 0.273 e. The highest BCUT2D eigenvalue weighted by molar-refractivity contribution is 7.92. The molecule has 11 nitrogen and oxygen atoms in total. The van der Waals surface area contributed by atoms with Crippen LogP contribution in [0, 0.1) is 17.0 Å². The van der Waals surface area contributed by atoms with Crippen molar-refractivity contribution >= 4 is 44.8 Å². The number of rotatable bonds is 12. The number of nitrogens with zero attached hydrogens (tertiary/aromatic N) is 3. The third-order valence-electron chi connectivity index (χ3n) is 6.55. The number of likely N-dealkylation sites (N-methyl/N-ethyl adjacent to an activating group) is 1. The molecule has 2 amide bonds. The van der Waals surface area contributed by atoms with Crippen LogP contribution >= 0.6 is 11.6 Å². The van der Waals surface area contributed by atoms with Crippen molar-refractivity contribution in [2.24, 2.45) is 0 Å². The van der Waals surface area contributed by atoms with Gasteiger partial charge in [-0.2, -0.15) is 0 Å². The lowest BCUT2D eigenvalue weighted by Crippen LogP contribution is -2.51. The Labute approximate surface area is 243 Å². The minimum absolute atomic E-state index is 0.0489. The number of sulfonamides is 1. The first-order valence-corrected chi connectivity index (χ1v) is 14.4. The Morgan fingerprint density at radius 2 is 1.78 bits per heavy atom. The first kappa shape index (κ1) is 31.4. The molecule has 0 spiro atoms. The fraction of sp³-hybridized carbons (Fsp3) is 0.286. The number of hydrogen-bond donors (Lipinski definition) is 1. The van der Waals surface area contributed by atoms with Gasteiger partial charge < -0.3 is 15.0 Å². The Bertz CT molecular complexity index is 1530. The zero-order valence-electron chi connectivity index (χ0n) is 23.0. The molecule has 0 heterocycles. The third kappa shape index (κ3) is 7.33. The SMILES string of the molecule is CNC(=O)[C@H](C)N(CCc1ccccc1)C(=O)CN(c1cc(Cl)ccc1OC)S(=O)(=O)c1ccc(C)c([N+](=O)[O-])c1. The normalized spacial score (nSPS) is 11.8. The molecule has 3 aromatic rings. The number of hydrogen-bond acceptors (Lipinski definition) is 7. The van der Waals surface area contributed by atoms with Gasteiger partial charge in [-0.1, -0.05) is 48.0 Å². The summed E-state index contributed by atoms with van der Waals surface area (Å²) in [5.74, 6) is -1.01. The summed E-state index contributed by atoms with van der Waals surface area (Å²) in [7, 11) is -1.81. The van der Waals surface area contributed by atoms with Gasteiger partial charge in [0.25, 0.3) is 15.7 Å². The smallest absolute Gasteiger partial charge is 0.273 e. The molecular formula is C28H31ClN4O7S. The van der Waals surface area contributed by atoms with Gasteiger partial charge in [0.15, 0.2) is 0 Å². The Hall–Kier alpha value is -4.16. The van der Waals surface area contributed by atoms with E-state index in [-0.39, 0.29) is 28.6 Å².